The molecular formula is C23H31N7O2S. The topological polar surface area (TPSA) is 111 Å². The van der Waals surface area contributed by atoms with Gasteiger partial charge < -0.3 is 20.7 Å². The Morgan fingerprint density at radius 3 is 2.70 bits per heavy atom. The van der Waals surface area contributed by atoms with E-state index < -0.39 is 0 Å². The summed E-state index contributed by atoms with van der Waals surface area (Å²) < 4.78 is 8.29. The first kappa shape index (κ1) is 22.1. The first-order valence-corrected chi connectivity index (χ1v) is 12.4. The number of rotatable bonds is 6. The molecule has 0 radical (unpaired) electrons. The quantitative estimate of drug-likeness (QED) is 0.571. The highest BCUT2D eigenvalue weighted by molar-refractivity contribution is 7.18. The number of hydrogen-bond acceptors (Lipinski definition) is 8. The third-order valence-electron chi connectivity index (χ3n) is 6.89. The molecule has 1 saturated carbocycles. The van der Waals surface area contributed by atoms with Gasteiger partial charge in [0.2, 0.25) is 17.7 Å². The van der Waals surface area contributed by atoms with Crippen LogP contribution in [0.4, 0.5) is 11.6 Å². The van der Waals surface area contributed by atoms with Gasteiger partial charge in [0.05, 0.1) is 17.3 Å². The van der Waals surface area contributed by atoms with E-state index in [9.17, 15) is 4.79 Å². The van der Waals surface area contributed by atoms with Gasteiger partial charge in [-0.25, -0.2) is 4.98 Å². The second kappa shape index (κ2) is 8.90. The number of ether oxygens (including phenoxy) is 1. The van der Waals surface area contributed by atoms with Gasteiger partial charge in [0.15, 0.2) is 0 Å². The average Bonchev–Trinajstić information content (AvgIpc) is 3.36. The summed E-state index contributed by atoms with van der Waals surface area (Å²) in [5.74, 6) is 0.729. The lowest BCUT2D eigenvalue weighted by Gasteiger charge is -2.32. The Morgan fingerprint density at radius 2 is 2.03 bits per heavy atom. The maximum atomic E-state index is 11.9. The molecule has 0 saturated heterocycles. The number of nitrogens with one attached hydrogen (secondary N) is 1. The van der Waals surface area contributed by atoms with Gasteiger partial charge in [-0.05, 0) is 64.6 Å². The van der Waals surface area contributed by atoms with Gasteiger partial charge in [-0.3, -0.25) is 9.48 Å². The Bertz CT molecular complexity index is 1160. The van der Waals surface area contributed by atoms with Crippen LogP contribution in [0.5, 0.6) is 5.88 Å². The first-order chi connectivity index (χ1) is 15.9. The lowest BCUT2D eigenvalue weighted by atomic mass is 9.87. The van der Waals surface area contributed by atoms with Crippen LogP contribution in [0.25, 0.3) is 10.2 Å². The van der Waals surface area contributed by atoms with Crippen molar-refractivity contribution in [1.29, 1.82) is 0 Å². The van der Waals surface area contributed by atoms with Crippen LogP contribution < -0.4 is 15.8 Å². The summed E-state index contributed by atoms with van der Waals surface area (Å²) >= 11 is 1.67. The summed E-state index contributed by atoms with van der Waals surface area (Å²) in [6.45, 7) is 0. The van der Waals surface area contributed by atoms with Crippen LogP contribution in [0.3, 0.4) is 0 Å². The molecule has 3 aromatic heterocycles. The molecule has 5 rings (SSSR count). The molecule has 0 aromatic carbocycles. The summed E-state index contributed by atoms with van der Waals surface area (Å²) in [5, 5.41) is 8.43. The van der Waals surface area contributed by atoms with Crippen molar-refractivity contribution in [3.05, 3.63) is 22.8 Å². The van der Waals surface area contributed by atoms with Crippen molar-refractivity contribution >= 4 is 39.1 Å². The second-order valence-electron chi connectivity index (χ2n) is 9.42. The smallest absolute Gasteiger partial charge is 0.232 e. The van der Waals surface area contributed by atoms with Crippen molar-refractivity contribution < 1.29 is 9.53 Å². The molecule has 3 aromatic rings. The molecule has 2 aliphatic rings. The molecule has 2 aliphatic carbocycles. The van der Waals surface area contributed by atoms with Gasteiger partial charge in [-0.2, -0.15) is 10.1 Å². The van der Waals surface area contributed by atoms with Crippen molar-refractivity contribution in [2.75, 3.05) is 19.4 Å². The summed E-state index contributed by atoms with van der Waals surface area (Å²) in [5.41, 5.74) is 7.61. The van der Waals surface area contributed by atoms with Crippen LogP contribution in [-0.2, 0) is 24.7 Å². The fraction of sp³-hybridized carbons (Fsp3) is 0.565. The number of hydrogen-bond donors (Lipinski definition) is 2. The van der Waals surface area contributed by atoms with E-state index in [0.717, 1.165) is 60.0 Å². The molecule has 1 atom stereocenters. The van der Waals surface area contributed by atoms with Gasteiger partial charge in [-0.15, -0.1) is 11.3 Å². The third kappa shape index (κ3) is 4.54. The number of primary amides is 1. The van der Waals surface area contributed by atoms with E-state index in [-0.39, 0.29) is 17.9 Å². The molecule has 1 unspecified atom stereocenters. The number of carbonyl (C=O) groups excluding carboxylic acids is 1. The summed E-state index contributed by atoms with van der Waals surface area (Å²) in [6.07, 6.45) is 10.2. The Hall–Kier alpha value is -2.72. The van der Waals surface area contributed by atoms with Gasteiger partial charge >= 0.3 is 0 Å². The molecular weight excluding hydrogens is 438 g/mol. The molecule has 0 aliphatic heterocycles. The molecule has 176 valence electrons. The number of aryl methyl sites for hydroxylation is 2. The minimum atomic E-state index is -0.236. The van der Waals surface area contributed by atoms with E-state index in [4.69, 9.17) is 20.4 Å². The normalized spacial score (nSPS) is 23.0. The van der Waals surface area contributed by atoms with Crippen LogP contribution >= 0.6 is 11.3 Å². The zero-order valence-corrected chi connectivity index (χ0v) is 20.2. The highest BCUT2D eigenvalue weighted by atomic mass is 32.1. The molecule has 1 fully saturated rings. The van der Waals surface area contributed by atoms with E-state index in [1.54, 1.807) is 22.2 Å². The maximum Gasteiger partial charge on any atom is 0.232 e. The second-order valence-corrected chi connectivity index (χ2v) is 10.5. The van der Waals surface area contributed by atoms with Gasteiger partial charge in [-0.1, -0.05) is 0 Å². The molecule has 0 bridgehead atoms. The molecule has 3 heterocycles. The first-order valence-electron chi connectivity index (χ1n) is 11.6. The lowest BCUT2D eigenvalue weighted by molar-refractivity contribution is -0.122. The number of carbonyl (C=O) groups is 1. The number of nitrogens with two attached hydrogens (primary N) is 1. The molecule has 33 heavy (non-hydrogen) atoms. The van der Waals surface area contributed by atoms with Crippen molar-refractivity contribution in [3.63, 3.8) is 0 Å². The summed E-state index contributed by atoms with van der Waals surface area (Å²) in [7, 11) is 6.16. The molecule has 10 heteroatoms. The Morgan fingerprint density at radius 1 is 1.24 bits per heavy atom. The van der Waals surface area contributed by atoms with Crippen molar-refractivity contribution in [1.82, 2.24) is 24.6 Å². The number of nitrogens with zero attached hydrogens (tertiary/aromatic N) is 5. The monoisotopic (exact) mass is 469 g/mol. The van der Waals surface area contributed by atoms with Crippen molar-refractivity contribution in [2.24, 2.45) is 18.7 Å². The van der Waals surface area contributed by atoms with Gasteiger partial charge in [0, 0.05) is 30.1 Å². The number of thiophene rings is 1. The van der Waals surface area contributed by atoms with E-state index in [1.165, 1.54) is 4.88 Å². The van der Waals surface area contributed by atoms with Gasteiger partial charge in [0.25, 0.3) is 0 Å². The zero-order chi connectivity index (χ0) is 23.1. The Labute approximate surface area is 197 Å². The maximum absolute atomic E-state index is 11.9. The molecule has 3 N–H and O–H groups in total. The lowest BCUT2D eigenvalue weighted by Crippen LogP contribution is -2.35. The minimum Gasteiger partial charge on any atom is -0.474 e. The van der Waals surface area contributed by atoms with Crippen LogP contribution in [0.15, 0.2) is 12.4 Å². The number of aromatic nitrogens is 4. The summed E-state index contributed by atoms with van der Waals surface area (Å²) in [6, 6.07) is 0.600. The number of amides is 1. The predicted molar refractivity (Wildman–Crippen MR) is 129 cm³/mol. The van der Waals surface area contributed by atoms with Crippen LogP contribution in [-0.4, -0.2) is 56.8 Å². The molecule has 1 amide bonds. The number of fused-ring (bicyclic) bond motifs is 3. The van der Waals surface area contributed by atoms with Crippen molar-refractivity contribution in [3.8, 4) is 5.88 Å². The van der Waals surface area contributed by atoms with E-state index >= 15 is 0 Å². The fourth-order valence-corrected chi connectivity index (χ4v) is 6.18. The highest BCUT2D eigenvalue weighted by Crippen LogP contribution is 2.42. The highest BCUT2D eigenvalue weighted by Gasteiger charge is 2.31. The average molecular weight is 470 g/mol. The van der Waals surface area contributed by atoms with Crippen LogP contribution in [0.2, 0.25) is 0 Å². The fourth-order valence-electron chi connectivity index (χ4n) is 4.98. The number of anilines is 2. The van der Waals surface area contributed by atoms with E-state index in [0.29, 0.717) is 24.3 Å². The predicted octanol–water partition coefficient (Wildman–Crippen LogP) is 3.01. The summed E-state index contributed by atoms with van der Waals surface area (Å²) in [4.78, 5) is 26.0. The van der Waals surface area contributed by atoms with Crippen molar-refractivity contribution in [2.45, 2.75) is 57.1 Å². The minimum absolute atomic E-state index is 0.122. The van der Waals surface area contributed by atoms with Gasteiger partial charge in [0.1, 0.15) is 10.9 Å². The Kier molecular flexibility index (Phi) is 5.96. The van der Waals surface area contributed by atoms with E-state index in [2.05, 4.69) is 29.4 Å². The third-order valence-corrected chi connectivity index (χ3v) is 8.07. The standard InChI is InChI=1S/C23H31N7O2S/c1-29(2)15-5-7-16(8-6-15)32-21-19-17-10-13(20(24)31)4-9-18(17)33-22(19)28-23(27-21)26-14-11-25-30(3)12-14/h11-13,15-16H,4-10H2,1-3H3,(H2,24,31)(H,26,27,28). The largest absolute Gasteiger partial charge is 0.474 e. The molecule has 0 spiro atoms. The Balaban J connectivity index is 1.49. The van der Waals surface area contributed by atoms with Crippen LogP contribution in [0.1, 0.15) is 42.5 Å². The zero-order valence-electron chi connectivity index (χ0n) is 19.4. The van der Waals surface area contributed by atoms with Crippen LogP contribution in [0, 0.1) is 5.92 Å². The SMILES string of the molecule is CN(C)C1CCC(Oc2nc(Nc3cnn(C)c3)nc3sc4c(c23)CC(C(N)=O)CC4)CC1. The van der Waals surface area contributed by atoms with E-state index in [1.807, 2.05) is 13.2 Å². The molecule has 9 nitrogen and oxygen atoms in total.